The number of pyridine rings is 1. The molecule has 2 aromatic carbocycles. The monoisotopic (exact) mass is 369 g/mol. The molecular formula is C23H19N3O2. The lowest BCUT2D eigenvalue weighted by Crippen LogP contribution is -2.31. The van der Waals surface area contributed by atoms with Gasteiger partial charge in [-0.15, -0.1) is 0 Å². The Morgan fingerprint density at radius 3 is 2.32 bits per heavy atom. The standard InChI is InChI=1S/C23H19N3O2/c24-14-17-3-9-21(10-4-17)28-22-11-7-20(8-12-22)26(23(27)19-5-6-19)16-18-2-1-13-25-15-18/h1-4,7-13,15,19H,5-6,16H2. The average Bonchev–Trinajstić information content (AvgIpc) is 3.59. The highest BCUT2D eigenvalue weighted by Crippen LogP contribution is 2.34. The van der Waals surface area contributed by atoms with Crippen molar-refractivity contribution in [2.45, 2.75) is 19.4 Å². The van der Waals surface area contributed by atoms with Crippen LogP contribution in [0.3, 0.4) is 0 Å². The summed E-state index contributed by atoms with van der Waals surface area (Å²) in [5.74, 6) is 1.62. The predicted octanol–water partition coefficient (Wildman–Crippen LogP) is 4.69. The van der Waals surface area contributed by atoms with Gasteiger partial charge in [-0.1, -0.05) is 6.07 Å². The Bertz CT molecular complexity index is 989. The van der Waals surface area contributed by atoms with Gasteiger partial charge in [-0.25, -0.2) is 0 Å². The first-order valence-corrected chi connectivity index (χ1v) is 9.21. The Morgan fingerprint density at radius 2 is 1.75 bits per heavy atom. The molecule has 3 aromatic rings. The number of anilines is 1. The fourth-order valence-electron chi connectivity index (χ4n) is 2.95. The molecule has 138 valence electrons. The lowest BCUT2D eigenvalue weighted by molar-refractivity contribution is -0.119. The number of carbonyl (C=O) groups is 1. The molecule has 0 spiro atoms. The smallest absolute Gasteiger partial charge is 0.230 e. The Kier molecular flexibility index (Phi) is 5.03. The Labute approximate surface area is 163 Å². The largest absolute Gasteiger partial charge is 0.457 e. The van der Waals surface area contributed by atoms with E-state index in [9.17, 15) is 4.79 Å². The van der Waals surface area contributed by atoms with Crippen LogP contribution in [0.15, 0.2) is 73.1 Å². The van der Waals surface area contributed by atoms with Crippen LogP contribution in [0.4, 0.5) is 5.69 Å². The summed E-state index contributed by atoms with van der Waals surface area (Å²) in [6.07, 6.45) is 5.44. The molecule has 1 aromatic heterocycles. The Balaban J connectivity index is 1.51. The van der Waals surface area contributed by atoms with Gasteiger partial charge in [0.25, 0.3) is 0 Å². The van der Waals surface area contributed by atoms with Crippen LogP contribution in [0.25, 0.3) is 0 Å². The van der Waals surface area contributed by atoms with Gasteiger partial charge >= 0.3 is 0 Å². The van der Waals surface area contributed by atoms with Gasteiger partial charge in [0.1, 0.15) is 11.5 Å². The molecule has 28 heavy (non-hydrogen) atoms. The number of carbonyl (C=O) groups excluding carboxylic acids is 1. The minimum Gasteiger partial charge on any atom is -0.457 e. The summed E-state index contributed by atoms with van der Waals surface area (Å²) in [6, 6.07) is 20.4. The molecule has 0 saturated heterocycles. The molecule has 1 fully saturated rings. The first-order valence-electron chi connectivity index (χ1n) is 9.21. The zero-order valence-electron chi connectivity index (χ0n) is 15.3. The summed E-state index contributed by atoms with van der Waals surface area (Å²) in [5.41, 5.74) is 2.43. The lowest BCUT2D eigenvalue weighted by atomic mass is 10.2. The van der Waals surface area contributed by atoms with E-state index in [4.69, 9.17) is 10.00 Å². The molecule has 0 atom stereocenters. The van der Waals surface area contributed by atoms with Crippen LogP contribution < -0.4 is 9.64 Å². The number of nitrogens with zero attached hydrogens (tertiary/aromatic N) is 3. The number of rotatable bonds is 6. The summed E-state index contributed by atoms with van der Waals surface area (Å²) in [6.45, 7) is 0.499. The van der Waals surface area contributed by atoms with E-state index in [0.29, 0.717) is 23.6 Å². The fraction of sp³-hybridized carbons (Fsp3) is 0.174. The van der Waals surface area contributed by atoms with Gasteiger partial charge in [0, 0.05) is 24.0 Å². The van der Waals surface area contributed by atoms with Crippen molar-refractivity contribution in [2.24, 2.45) is 5.92 Å². The van der Waals surface area contributed by atoms with Crippen LogP contribution in [0.5, 0.6) is 11.5 Å². The second kappa shape index (κ2) is 7.93. The maximum Gasteiger partial charge on any atom is 0.230 e. The van der Waals surface area contributed by atoms with Gasteiger partial charge in [-0.05, 0) is 73.0 Å². The van der Waals surface area contributed by atoms with Crippen LogP contribution in [-0.4, -0.2) is 10.9 Å². The number of aromatic nitrogens is 1. The van der Waals surface area contributed by atoms with Crippen molar-refractivity contribution >= 4 is 11.6 Å². The van der Waals surface area contributed by atoms with Crippen molar-refractivity contribution in [3.8, 4) is 17.6 Å². The highest BCUT2D eigenvalue weighted by atomic mass is 16.5. The highest BCUT2D eigenvalue weighted by Gasteiger charge is 2.34. The first kappa shape index (κ1) is 17.7. The number of nitriles is 1. The molecule has 0 N–H and O–H groups in total. The third kappa shape index (κ3) is 4.18. The lowest BCUT2D eigenvalue weighted by Gasteiger charge is -2.23. The van der Waals surface area contributed by atoms with Crippen molar-refractivity contribution in [3.05, 3.63) is 84.2 Å². The summed E-state index contributed by atoms with van der Waals surface area (Å²) in [4.78, 5) is 18.8. The minimum absolute atomic E-state index is 0.131. The molecule has 0 bridgehead atoms. The second-order valence-corrected chi connectivity index (χ2v) is 6.79. The molecule has 1 aliphatic rings. The fourth-order valence-corrected chi connectivity index (χ4v) is 2.95. The van der Waals surface area contributed by atoms with E-state index in [0.717, 1.165) is 24.1 Å². The van der Waals surface area contributed by atoms with E-state index in [1.54, 1.807) is 36.7 Å². The molecule has 1 aliphatic carbocycles. The molecule has 0 unspecified atom stereocenters. The van der Waals surface area contributed by atoms with Crippen LogP contribution >= 0.6 is 0 Å². The van der Waals surface area contributed by atoms with Crippen LogP contribution in [0, 0.1) is 17.2 Å². The summed E-state index contributed by atoms with van der Waals surface area (Å²) in [5, 5.41) is 8.87. The topological polar surface area (TPSA) is 66.2 Å². The molecule has 4 rings (SSSR count). The van der Waals surface area contributed by atoms with Gasteiger partial charge < -0.3 is 9.64 Å². The Hall–Kier alpha value is -3.65. The van der Waals surface area contributed by atoms with Gasteiger partial charge in [0.2, 0.25) is 5.91 Å². The third-order valence-electron chi connectivity index (χ3n) is 4.62. The Morgan fingerprint density at radius 1 is 1.07 bits per heavy atom. The number of hydrogen-bond donors (Lipinski definition) is 0. The molecular weight excluding hydrogens is 350 g/mol. The second-order valence-electron chi connectivity index (χ2n) is 6.79. The molecule has 5 nitrogen and oxygen atoms in total. The normalized spacial score (nSPS) is 12.8. The quantitative estimate of drug-likeness (QED) is 0.632. The van der Waals surface area contributed by atoms with Crippen molar-refractivity contribution in [1.29, 1.82) is 5.26 Å². The number of hydrogen-bond acceptors (Lipinski definition) is 4. The van der Waals surface area contributed by atoms with Crippen LogP contribution in [0.1, 0.15) is 24.0 Å². The van der Waals surface area contributed by atoms with Crippen molar-refractivity contribution in [1.82, 2.24) is 4.98 Å². The van der Waals surface area contributed by atoms with Crippen molar-refractivity contribution in [3.63, 3.8) is 0 Å². The van der Waals surface area contributed by atoms with E-state index in [1.807, 2.05) is 41.3 Å². The SMILES string of the molecule is N#Cc1ccc(Oc2ccc(N(Cc3cccnc3)C(=O)C3CC3)cc2)cc1. The summed E-state index contributed by atoms with van der Waals surface area (Å²) < 4.78 is 5.83. The summed E-state index contributed by atoms with van der Waals surface area (Å²) in [7, 11) is 0. The minimum atomic E-state index is 0.131. The number of ether oxygens (including phenoxy) is 1. The molecule has 0 radical (unpaired) electrons. The van der Waals surface area contributed by atoms with E-state index < -0.39 is 0 Å². The maximum absolute atomic E-state index is 12.8. The summed E-state index contributed by atoms with van der Waals surface area (Å²) >= 11 is 0. The first-order chi connectivity index (χ1) is 13.7. The molecule has 1 amide bonds. The van der Waals surface area contributed by atoms with Gasteiger partial charge in [-0.3, -0.25) is 9.78 Å². The molecule has 1 saturated carbocycles. The highest BCUT2D eigenvalue weighted by molar-refractivity contribution is 5.96. The number of amides is 1. The molecule has 5 heteroatoms. The third-order valence-corrected chi connectivity index (χ3v) is 4.62. The zero-order chi connectivity index (χ0) is 19.3. The van der Waals surface area contributed by atoms with Crippen molar-refractivity contribution < 1.29 is 9.53 Å². The van der Waals surface area contributed by atoms with Crippen LogP contribution in [-0.2, 0) is 11.3 Å². The van der Waals surface area contributed by atoms with Gasteiger partial charge in [0.15, 0.2) is 0 Å². The van der Waals surface area contributed by atoms with E-state index >= 15 is 0 Å². The zero-order valence-corrected chi connectivity index (χ0v) is 15.3. The van der Waals surface area contributed by atoms with Gasteiger partial charge in [0.05, 0.1) is 18.2 Å². The average molecular weight is 369 g/mol. The van der Waals surface area contributed by atoms with E-state index in [2.05, 4.69) is 11.1 Å². The molecule has 0 aliphatic heterocycles. The van der Waals surface area contributed by atoms with Gasteiger partial charge in [-0.2, -0.15) is 5.26 Å². The van der Waals surface area contributed by atoms with E-state index in [-0.39, 0.29) is 11.8 Å². The predicted molar refractivity (Wildman–Crippen MR) is 106 cm³/mol. The number of benzene rings is 2. The van der Waals surface area contributed by atoms with Crippen LogP contribution in [0.2, 0.25) is 0 Å². The maximum atomic E-state index is 12.8. The molecule has 1 heterocycles. The van der Waals surface area contributed by atoms with Crippen molar-refractivity contribution in [2.75, 3.05) is 4.90 Å². The van der Waals surface area contributed by atoms with E-state index in [1.165, 1.54) is 0 Å².